The van der Waals surface area contributed by atoms with Crippen molar-refractivity contribution >= 4 is 33.4 Å². The van der Waals surface area contributed by atoms with Gasteiger partial charge in [0.15, 0.2) is 11.4 Å². The molecule has 2 aromatic carbocycles. The zero-order chi connectivity index (χ0) is 21.8. The standard InChI is InChI=1S/C23H26N2O4S/c1-14(2)17-6-8-18(9-7-17)29-13-20(26)24-23-25(12-21(27)28-5)19-11-15(3)10-16(4)22(19)30-23/h6-11,14H,12-13H2,1-5H3. The Hall–Kier alpha value is -2.93. The number of aromatic nitrogens is 1. The fraction of sp³-hybridized carbons (Fsp3) is 0.348. The summed E-state index contributed by atoms with van der Waals surface area (Å²) in [5, 5.41) is 0. The Morgan fingerprint density at radius 2 is 1.83 bits per heavy atom. The third-order valence-corrected chi connectivity index (χ3v) is 5.99. The fourth-order valence-electron chi connectivity index (χ4n) is 3.18. The highest BCUT2D eigenvalue weighted by atomic mass is 32.1. The monoisotopic (exact) mass is 426 g/mol. The van der Waals surface area contributed by atoms with Crippen molar-refractivity contribution in [2.75, 3.05) is 13.7 Å². The van der Waals surface area contributed by atoms with Crippen molar-refractivity contribution in [1.29, 1.82) is 0 Å². The van der Waals surface area contributed by atoms with Gasteiger partial charge in [0.2, 0.25) is 0 Å². The molecule has 0 saturated heterocycles. The number of rotatable bonds is 6. The van der Waals surface area contributed by atoms with E-state index in [-0.39, 0.29) is 13.2 Å². The van der Waals surface area contributed by atoms with E-state index in [1.165, 1.54) is 24.0 Å². The van der Waals surface area contributed by atoms with Crippen LogP contribution < -0.4 is 9.54 Å². The van der Waals surface area contributed by atoms with Crippen LogP contribution in [-0.4, -0.2) is 30.2 Å². The number of amides is 1. The molecule has 0 unspecified atom stereocenters. The Morgan fingerprint density at radius 3 is 2.47 bits per heavy atom. The molecule has 0 spiro atoms. The first-order valence-corrected chi connectivity index (χ1v) is 10.6. The molecule has 0 bridgehead atoms. The minimum Gasteiger partial charge on any atom is -0.484 e. The number of hydrogen-bond donors (Lipinski definition) is 0. The van der Waals surface area contributed by atoms with E-state index in [9.17, 15) is 9.59 Å². The smallest absolute Gasteiger partial charge is 0.325 e. The number of aryl methyl sites for hydroxylation is 2. The molecule has 0 aliphatic heterocycles. The fourth-order valence-corrected chi connectivity index (χ4v) is 4.27. The van der Waals surface area contributed by atoms with Crippen molar-refractivity contribution in [2.45, 2.75) is 40.2 Å². The summed E-state index contributed by atoms with van der Waals surface area (Å²) >= 11 is 1.38. The van der Waals surface area contributed by atoms with Crippen LogP contribution >= 0.6 is 11.3 Å². The van der Waals surface area contributed by atoms with E-state index in [0.717, 1.165) is 21.3 Å². The highest BCUT2D eigenvalue weighted by Crippen LogP contribution is 2.23. The van der Waals surface area contributed by atoms with Crippen molar-refractivity contribution in [3.63, 3.8) is 0 Å². The minimum absolute atomic E-state index is 0.0109. The quantitative estimate of drug-likeness (QED) is 0.556. The molecule has 0 fully saturated rings. The normalized spacial score (nSPS) is 11.9. The number of carbonyl (C=O) groups is 2. The first-order chi connectivity index (χ1) is 14.3. The number of ether oxygens (including phenoxy) is 2. The summed E-state index contributed by atoms with van der Waals surface area (Å²) in [5.41, 5.74) is 4.21. The second-order valence-corrected chi connectivity index (χ2v) is 8.47. The van der Waals surface area contributed by atoms with Gasteiger partial charge in [-0.2, -0.15) is 4.99 Å². The maximum atomic E-state index is 12.5. The maximum absolute atomic E-state index is 12.5. The van der Waals surface area contributed by atoms with E-state index >= 15 is 0 Å². The Labute approximate surface area is 179 Å². The Bertz CT molecular complexity index is 1140. The Balaban J connectivity index is 1.88. The molecule has 0 radical (unpaired) electrons. The molecule has 158 valence electrons. The van der Waals surface area contributed by atoms with Gasteiger partial charge in [-0.1, -0.05) is 43.4 Å². The number of fused-ring (bicyclic) bond motifs is 1. The lowest BCUT2D eigenvalue weighted by molar-refractivity contribution is -0.141. The average Bonchev–Trinajstić information content (AvgIpc) is 3.04. The Kier molecular flexibility index (Phi) is 6.72. The second-order valence-electron chi connectivity index (χ2n) is 7.49. The van der Waals surface area contributed by atoms with Crippen molar-refractivity contribution in [3.05, 3.63) is 57.9 Å². The highest BCUT2D eigenvalue weighted by molar-refractivity contribution is 7.16. The van der Waals surface area contributed by atoms with Gasteiger partial charge in [-0.05, 0) is 54.7 Å². The third-order valence-electron chi connectivity index (χ3n) is 4.76. The topological polar surface area (TPSA) is 69.9 Å². The first-order valence-electron chi connectivity index (χ1n) is 9.76. The summed E-state index contributed by atoms with van der Waals surface area (Å²) in [6.07, 6.45) is 0. The molecule has 0 saturated carbocycles. The molecular weight excluding hydrogens is 400 g/mol. The van der Waals surface area contributed by atoms with Gasteiger partial charge in [-0.3, -0.25) is 9.59 Å². The van der Waals surface area contributed by atoms with Gasteiger partial charge in [-0.25, -0.2) is 0 Å². The molecule has 0 atom stereocenters. The SMILES string of the molecule is COC(=O)Cn1c(=NC(=O)COc2ccc(C(C)C)cc2)sc2c(C)cc(C)cc21. The molecular formula is C23H26N2O4S. The average molecular weight is 427 g/mol. The van der Waals surface area contributed by atoms with Crippen LogP contribution in [0.2, 0.25) is 0 Å². The first kappa shape index (κ1) is 21.8. The maximum Gasteiger partial charge on any atom is 0.325 e. The van der Waals surface area contributed by atoms with Gasteiger partial charge in [0.1, 0.15) is 12.3 Å². The molecule has 0 aliphatic carbocycles. The second kappa shape index (κ2) is 9.26. The number of nitrogens with zero attached hydrogens (tertiary/aromatic N) is 2. The van der Waals surface area contributed by atoms with E-state index in [2.05, 4.69) is 24.9 Å². The summed E-state index contributed by atoms with van der Waals surface area (Å²) in [5.74, 6) is 0.237. The van der Waals surface area contributed by atoms with E-state index in [1.54, 1.807) is 4.57 Å². The van der Waals surface area contributed by atoms with Gasteiger partial charge in [0, 0.05) is 0 Å². The number of benzene rings is 2. The van der Waals surface area contributed by atoms with Crippen molar-refractivity contribution in [2.24, 2.45) is 4.99 Å². The lowest BCUT2D eigenvalue weighted by Crippen LogP contribution is -2.23. The third kappa shape index (κ3) is 4.97. The molecule has 30 heavy (non-hydrogen) atoms. The number of thiazole rings is 1. The lowest BCUT2D eigenvalue weighted by Gasteiger charge is -2.07. The van der Waals surface area contributed by atoms with Crippen LogP contribution in [0.25, 0.3) is 10.2 Å². The predicted molar refractivity (Wildman–Crippen MR) is 118 cm³/mol. The minimum atomic E-state index is -0.414. The molecule has 7 heteroatoms. The van der Waals surface area contributed by atoms with E-state index < -0.39 is 11.9 Å². The molecule has 1 aromatic heterocycles. The zero-order valence-corrected chi connectivity index (χ0v) is 18.7. The van der Waals surface area contributed by atoms with E-state index in [0.29, 0.717) is 16.5 Å². The van der Waals surface area contributed by atoms with Crippen LogP contribution in [0.5, 0.6) is 5.75 Å². The molecule has 0 aliphatic rings. The largest absolute Gasteiger partial charge is 0.484 e. The van der Waals surface area contributed by atoms with Crippen LogP contribution in [0.4, 0.5) is 0 Å². The van der Waals surface area contributed by atoms with Crippen LogP contribution in [-0.2, 0) is 20.9 Å². The number of carbonyl (C=O) groups excluding carboxylic acids is 2. The molecule has 0 N–H and O–H groups in total. The summed E-state index contributed by atoms with van der Waals surface area (Å²) < 4.78 is 13.1. The molecule has 3 rings (SSSR count). The number of hydrogen-bond acceptors (Lipinski definition) is 5. The van der Waals surface area contributed by atoms with Crippen molar-refractivity contribution < 1.29 is 19.1 Å². The Morgan fingerprint density at radius 1 is 1.13 bits per heavy atom. The number of methoxy groups -OCH3 is 1. The number of esters is 1. The molecule has 1 heterocycles. The van der Waals surface area contributed by atoms with Crippen LogP contribution in [0, 0.1) is 13.8 Å². The zero-order valence-electron chi connectivity index (χ0n) is 17.9. The predicted octanol–water partition coefficient (Wildman–Crippen LogP) is 4.12. The van der Waals surface area contributed by atoms with Crippen molar-refractivity contribution in [3.8, 4) is 5.75 Å². The summed E-state index contributed by atoms with van der Waals surface area (Å²) in [7, 11) is 1.34. The molecule has 3 aromatic rings. The van der Waals surface area contributed by atoms with Crippen LogP contribution in [0.1, 0.15) is 36.5 Å². The van der Waals surface area contributed by atoms with Crippen molar-refractivity contribution in [1.82, 2.24) is 4.57 Å². The van der Waals surface area contributed by atoms with Gasteiger partial charge in [0.05, 0.1) is 17.3 Å². The van der Waals surface area contributed by atoms with E-state index in [4.69, 9.17) is 9.47 Å². The van der Waals surface area contributed by atoms with E-state index in [1.807, 2.05) is 44.2 Å². The lowest BCUT2D eigenvalue weighted by atomic mass is 10.0. The van der Waals surface area contributed by atoms with Gasteiger partial charge in [0.25, 0.3) is 5.91 Å². The molecule has 1 amide bonds. The van der Waals surface area contributed by atoms with Gasteiger partial charge in [-0.15, -0.1) is 0 Å². The van der Waals surface area contributed by atoms with Crippen LogP contribution in [0.15, 0.2) is 41.4 Å². The van der Waals surface area contributed by atoms with Gasteiger partial charge >= 0.3 is 5.97 Å². The molecule has 6 nitrogen and oxygen atoms in total. The summed E-state index contributed by atoms with van der Waals surface area (Å²) in [6.45, 7) is 8.05. The highest BCUT2D eigenvalue weighted by Gasteiger charge is 2.14. The summed E-state index contributed by atoms with van der Waals surface area (Å²) in [6, 6.07) is 11.7. The van der Waals surface area contributed by atoms with Gasteiger partial charge < -0.3 is 14.0 Å². The summed E-state index contributed by atoms with van der Waals surface area (Å²) in [4.78, 5) is 29.1. The van der Waals surface area contributed by atoms with Crippen LogP contribution in [0.3, 0.4) is 0 Å².